The molecule has 0 aromatic rings. The van der Waals surface area contributed by atoms with Gasteiger partial charge in [-0.3, -0.25) is 14.5 Å². The Kier molecular flexibility index (Phi) is 3.01. The summed E-state index contributed by atoms with van der Waals surface area (Å²) in [6, 6.07) is 0.458. The van der Waals surface area contributed by atoms with Crippen LogP contribution in [0.1, 0.15) is 32.6 Å². The first-order valence-electron chi connectivity index (χ1n) is 7.04. The number of carbonyl (C=O) groups is 2. The molecule has 3 aliphatic rings. The summed E-state index contributed by atoms with van der Waals surface area (Å²) in [5, 5.41) is 2.79. The van der Waals surface area contributed by atoms with Crippen molar-refractivity contribution in [3.05, 3.63) is 0 Å². The summed E-state index contributed by atoms with van der Waals surface area (Å²) < 4.78 is 0. The summed E-state index contributed by atoms with van der Waals surface area (Å²) in [6.07, 6.45) is 4.11. The average molecular weight is 251 g/mol. The van der Waals surface area contributed by atoms with Crippen LogP contribution in [0.15, 0.2) is 0 Å². The number of rotatable bonds is 2. The highest BCUT2D eigenvalue weighted by molar-refractivity contribution is 5.95. The first-order valence-corrected chi connectivity index (χ1v) is 7.04. The lowest BCUT2D eigenvalue weighted by molar-refractivity contribution is -0.147. The minimum absolute atomic E-state index is 0.00195. The van der Waals surface area contributed by atoms with E-state index < -0.39 is 0 Å². The number of carbonyl (C=O) groups excluding carboxylic acids is 2. The van der Waals surface area contributed by atoms with E-state index in [2.05, 4.69) is 10.2 Å². The SMILES string of the molecule is CCC1NC(=O)CN(C2CCN3CCCC23)C1=O. The smallest absolute Gasteiger partial charge is 0.245 e. The highest BCUT2D eigenvalue weighted by Crippen LogP contribution is 2.32. The molecule has 5 heteroatoms. The predicted octanol–water partition coefficient (Wildman–Crippen LogP) is -0.0399. The zero-order chi connectivity index (χ0) is 12.7. The monoisotopic (exact) mass is 251 g/mol. The molecule has 3 atom stereocenters. The van der Waals surface area contributed by atoms with Crippen LogP contribution in [-0.4, -0.2) is 59.4 Å². The number of amides is 2. The van der Waals surface area contributed by atoms with E-state index in [-0.39, 0.29) is 30.4 Å². The van der Waals surface area contributed by atoms with Gasteiger partial charge >= 0.3 is 0 Å². The molecular weight excluding hydrogens is 230 g/mol. The van der Waals surface area contributed by atoms with Crippen LogP contribution in [0.4, 0.5) is 0 Å². The second-order valence-electron chi connectivity index (χ2n) is 5.60. The van der Waals surface area contributed by atoms with Gasteiger partial charge in [0.05, 0.1) is 6.54 Å². The van der Waals surface area contributed by atoms with Gasteiger partial charge in [-0.1, -0.05) is 6.92 Å². The lowest BCUT2D eigenvalue weighted by Crippen LogP contribution is -2.61. The van der Waals surface area contributed by atoms with Crippen LogP contribution in [0.2, 0.25) is 0 Å². The largest absolute Gasteiger partial charge is 0.343 e. The molecule has 0 aromatic carbocycles. The van der Waals surface area contributed by atoms with Crippen molar-refractivity contribution in [1.29, 1.82) is 0 Å². The molecule has 3 unspecified atom stereocenters. The van der Waals surface area contributed by atoms with E-state index >= 15 is 0 Å². The Morgan fingerprint density at radius 1 is 1.22 bits per heavy atom. The second-order valence-corrected chi connectivity index (χ2v) is 5.60. The minimum Gasteiger partial charge on any atom is -0.343 e. The van der Waals surface area contributed by atoms with Crippen LogP contribution in [0.25, 0.3) is 0 Å². The molecule has 18 heavy (non-hydrogen) atoms. The Bertz CT molecular complexity index is 371. The summed E-state index contributed by atoms with van der Waals surface area (Å²) in [6.45, 7) is 4.44. The van der Waals surface area contributed by atoms with Crippen LogP contribution in [0.3, 0.4) is 0 Å². The van der Waals surface area contributed by atoms with E-state index in [0.29, 0.717) is 12.5 Å². The number of nitrogens with one attached hydrogen (secondary N) is 1. The first-order chi connectivity index (χ1) is 8.70. The predicted molar refractivity (Wildman–Crippen MR) is 66.9 cm³/mol. The summed E-state index contributed by atoms with van der Waals surface area (Å²) in [4.78, 5) is 28.4. The van der Waals surface area contributed by atoms with Crippen LogP contribution in [0.5, 0.6) is 0 Å². The Labute approximate surface area is 107 Å². The number of fused-ring (bicyclic) bond motifs is 1. The number of piperazine rings is 1. The molecule has 0 bridgehead atoms. The third-order valence-corrected chi connectivity index (χ3v) is 4.61. The van der Waals surface area contributed by atoms with Gasteiger partial charge in [-0.2, -0.15) is 0 Å². The third-order valence-electron chi connectivity index (χ3n) is 4.61. The van der Waals surface area contributed by atoms with Gasteiger partial charge in [0, 0.05) is 18.6 Å². The maximum Gasteiger partial charge on any atom is 0.245 e. The van der Waals surface area contributed by atoms with Crippen LogP contribution >= 0.6 is 0 Å². The van der Waals surface area contributed by atoms with Crippen molar-refractivity contribution >= 4 is 11.8 Å². The van der Waals surface area contributed by atoms with Gasteiger partial charge < -0.3 is 10.2 Å². The molecule has 0 radical (unpaired) electrons. The lowest BCUT2D eigenvalue weighted by Gasteiger charge is -2.38. The zero-order valence-electron chi connectivity index (χ0n) is 10.9. The molecule has 3 rings (SSSR count). The summed E-state index contributed by atoms with van der Waals surface area (Å²) in [5.74, 6) is 0.119. The summed E-state index contributed by atoms with van der Waals surface area (Å²) in [7, 11) is 0. The highest BCUT2D eigenvalue weighted by atomic mass is 16.2. The summed E-state index contributed by atoms with van der Waals surface area (Å²) >= 11 is 0. The third kappa shape index (κ3) is 1.81. The molecule has 100 valence electrons. The van der Waals surface area contributed by atoms with Crippen LogP contribution in [0, 0.1) is 0 Å². The van der Waals surface area contributed by atoms with E-state index in [1.54, 1.807) is 0 Å². The van der Waals surface area contributed by atoms with Gasteiger partial charge in [-0.05, 0) is 32.2 Å². The molecule has 0 spiro atoms. The van der Waals surface area contributed by atoms with Crippen molar-refractivity contribution < 1.29 is 9.59 Å². The molecule has 3 aliphatic heterocycles. The van der Waals surface area contributed by atoms with E-state index in [1.807, 2.05) is 11.8 Å². The van der Waals surface area contributed by atoms with Gasteiger partial charge in [-0.15, -0.1) is 0 Å². The van der Waals surface area contributed by atoms with E-state index in [4.69, 9.17) is 0 Å². The molecular formula is C13H21N3O2. The topological polar surface area (TPSA) is 52.7 Å². The minimum atomic E-state index is -0.304. The Morgan fingerprint density at radius 3 is 2.83 bits per heavy atom. The summed E-state index contributed by atoms with van der Waals surface area (Å²) in [5.41, 5.74) is 0. The van der Waals surface area contributed by atoms with E-state index in [0.717, 1.165) is 19.5 Å². The maximum atomic E-state index is 12.4. The number of hydrogen-bond donors (Lipinski definition) is 1. The molecule has 3 saturated heterocycles. The van der Waals surface area contributed by atoms with Crippen LogP contribution in [-0.2, 0) is 9.59 Å². The normalized spacial score (nSPS) is 36.9. The fraction of sp³-hybridized carbons (Fsp3) is 0.846. The van der Waals surface area contributed by atoms with Gasteiger partial charge in [0.15, 0.2) is 0 Å². The van der Waals surface area contributed by atoms with Crippen molar-refractivity contribution in [1.82, 2.24) is 15.1 Å². The molecule has 3 heterocycles. The first kappa shape index (κ1) is 12.0. The Hall–Kier alpha value is -1.10. The van der Waals surface area contributed by atoms with Crippen molar-refractivity contribution in [2.45, 2.75) is 50.7 Å². The van der Waals surface area contributed by atoms with E-state index in [9.17, 15) is 9.59 Å². The van der Waals surface area contributed by atoms with Gasteiger partial charge in [0.2, 0.25) is 11.8 Å². The number of hydrogen-bond acceptors (Lipinski definition) is 3. The Balaban J connectivity index is 1.78. The van der Waals surface area contributed by atoms with Crippen molar-refractivity contribution in [3.8, 4) is 0 Å². The maximum absolute atomic E-state index is 12.4. The Morgan fingerprint density at radius 2 is 2.06 bits per heavy atom. The van der Waals surface area contributed by atoms with Crippen molar-refractivity contribution in [2.24, 2.45) is 0 Å². The van der Waals surface area contributed by atoms with Gasteiger partial charge in [0.1, 0.15) is 6.04 Å². The lowest BCUT2D eigenvalue weighted by atomic mass is 10.0. The molecule has 1 N–H and O–H groups in total. The molecule has 3 fully saturated rings. The fourth-order valence-corrected chi connectivity index (χ4v) is 3.71. The molecule has 5 nitrogen and oxygen atoms in total. The zero-order valence-corrected chi connectivity index (χ0v) is 10.9. The molecule has 2 amide bonds. The van der Waals surface area contributed by atoms with Crippen molar-refractivity contribution in [2.75, 3.05) is 19.6 Å². The van der Waals surface area contributed by atoms with Gasteiger partial charge in [0.25, 0.3) is 0 Å². The highest BCUT2D eigenvalue weighted by Gasteiger charge is 2.45. The van der Waals surface area contributed by atoms with Crippen LogP contribution < -0.4 is 5.32 Å². The number of nitrogens with zero attached hydrogens (tertiary/aromatic N) is 2. The molecule has 0 aromatic heterocycles. The molecule has 0 saturated carbocycles. The van der Waals surface area contributed by atoms with E-state index in [1.165, 1.54) is 12.8 Å². The quantitative estimate of drug-likeness (QED) is 0.749. The standard InChI is InChI=1S/C13H21N3O2/c1-2-9-13(18)16(8-12(17)14-9)11-5-7-15-6-3-4-10(11)15/h9-11H,2-8H2,1H3,(H,14,17). The fourth-order valence-electron chi connectivity index (χ4n) is 3.71. The average Bonchev–Trinajstić information content (AvgIpc) is 2.94. The molecule has 0 aliphatic carbocycles. The second kappa shape index (κ2) is 4.53. The van der Waals surface area contributed by atoms with Crippen molar-refractivity contribution in [3.63, 3.8) is 0 Å². The van der Waals surface area contributed by atoms with Gasteiger partial charge in [-0.25, -0.2) is 0 Å².